The lowest BCUT2D eigenvalue weighted by Gasteiger charge is -2.44. The second-order valence-corrected chi connectivity index (χ2v) is 4.93. The van der Waals surface area contributed by atoms with Crippen LogP contribution in [0.5, 0.6) is 0 Å². The van der Waals surface area contributed by atoms with E-state index in [1.807, 2.05) is 0 Å². The van der Waals surface area contributed by atoms with Crippen LogP contribution in [0.1, 0.15) is 45.4 Å². The number of aliphatic imine (C=N–C) groups is 1. The maximum absolute atomic E-state index is 10.4. The fourth-order valence-corrected chi connectivity index (χ4v) is 3.39. The van der Waals surface area contributed by atoms with Crippen LogP contribution in [-0.2, 0) is 4.79 Å². The van der Waals surface area contributed by atoms with Gasteiger partial charge in [0.25, 0.3) is 0 Å². The Morgan fingerprint density at radius 3 is 3.08 bits per heavy atom. The van der Waals surface area contributed by atoms with E-state index in [1.54, 1.807) is 6.08 Å². The van der Waals surface area contributed by atoms with Crippen molar-refractivity contribution in [3.8, 4) is 0 Å². The van der Waals surface area contributed by atoms with Crippen LogP contribution in [0.2, 0.25) is 0 Å². The zero-order chi connectivity index (χ0) is 9.31. The monoisotopic (exact) mass is 179 g/mol. The molecule has 2 heteroatoms. The first-order valence-electron chi connectivity index (χ1n) is 5.33. The van der Waals surface area contributed by atoms with Crippen molar-refractivity contribution in [3.05, 3.63) is 0 Å². The molecule has 2 nitrogen and oxygen atoms in total. The number of hydrogen-bond donors (Lipinski definition) is 0. The summed E-state index contributed by atoms with van der Waals surface area (Å²) in [5, 5.41) is 0. The second kappa shape index (κ2) is 3.26. The van der Waals surface area contributed by atoms with Crippen molar-refractivity contribution in [1.29, 1.82) is 0 Å². The summed E-state index contributed by atoms with van der Waals surface area (Å²) in [7, 11) is 0. The van der Waals surface area contributed by atoms with Crippen molar-refractivity contribution in [1.82, 2.24) is 0 Å². The van der Waals surface area contributed by atoms with Gasteiger partial charge in [0.15, 0.2) is 0 Å². The summed E-state index contributed by atoms with van der Waals surface area (Å²) in [5.74, 6) is 1.57. The van der Waals surface area contributed by atoms with E-state index in [4.69, 9.17) is 0 Å². The van der Waals surface area contributed by atoms with Crippen LogP contribution in [-0.4, -0.2) is 11.6 Å². The van der Waals surface area contributed by atoms with Gasteiger partial charge in [-0.3, -0.25) is 0 Å². The van der Waals surface area contributed by atoms with Crippen molar-refractivity contribution < 1.29 is 4.79 Å². The Bertz CT molecular complexity index is 240. The molecule has 0 spiro atoms. The molecule has 0 unspecified atom stereocenters. The molecule has 2 aliphatic rings. The highest BCUT2D eigenvalue weighted by atomic mass is 16.1. The summed E-state index contributed by atoms with van der Waals surface area (Å²) < 4.78 is 0. The van der Waals surface area contributed by atoms with E-state index >= 15 is 0 Å². The minimum Gasteiger partial charge on any atom is -0.211 e. The lowest BCUT2D eigenvalue weighted by molar-refractivity contribution is 0.117. The molecule has 72 valence electrons. The van der Waals surface area contributed by atoms with Gasteiger partial charge in [0.2, 0.25) is 6.08 Å². The van der Waals surface area contributed by atoms with Crippen LogP contribution in [0.3, 0.4) is 0 Å². The molecule has 0 aromatic carbocycles. The first kappa shape index (κ1) is 8.96. The van der Waals surface area contributed by atoms with Crippen LogP contribution < -0.4 is 0 Å². The molecule has 2 rings (SSSR count). The maximum atomic E-state index is 10.4. The summed E-state index contributed by atoms with van der Waals surface area (Å²) in [4.78, 5) is 14.5. The molecule has 0 heterocycles. The van der Waals surface area contributed by atoms with Gasteiger partial charge in [0.1, 0.15) is 0 Å². The lowest BCUT2D eigenvalue weighted by atomic mass is 9.64. The third kappa shape index (κ3) is 1.68. The summed E-state index contributed by atoms with van der Waals surface area (Å²) in [6.45, 7) is 2.28. The molecule has 3 atom stereocenters. The summed E-state index contributed by atoms with van der Waals surface area (Å²) in [6, 6.07) is 0. The fraction of sp³-hybridized carbons (Fsp3) is 0.909. The smallest absolute Gasteiger partial charge is 0.211 e. The normalized spacial score (nSPS) is 43.8. The molecule has 0 aliphatic heterocycles. The first-order valence-corrected chi connectivity index (χ1v) is 5.33. The molecule has 2 aliphatic carbocycles. The standard InChI is InChI=1S/C11H17NO/c1-9-5-10-3-2-4-11(6-9,7-10)12-8-13/h9-10H,2-7H2,1H3/t9-,10+,11+/m1/s1. The van der Waals surface area contributed by atoms with Crippen molar-refractivity contribution >= 4 is 6.08 Å². The highest BCUT2D eigenvalue weighted by Gasteiger charge is 2.41. The van der Waals surface area contributed by atoms with Gasteiger partial charge in [-0.1, -0.05) is 19.8 Å². The minimum absolute atomic E-state index is 0.00231. The van der Waals surface area contributed by atoms with E-state index in [1.165, 1.54) is 19.3 Å². The Balaban J connectivity index is 2.19. The SMILES string of the molecule is C[C@@H]1C[C@@H]2CCC[C@](N=C=O)(C1)C2. The van der Waals surface area contributed by atoms with Gasteiger partial charge in [0, 0.05) is 0 Å². The predicted molar refractivity (Wildman–Crippen MR) is 51.2 cm³/mol. The van der Waals surface area contributed by atoms with Crippen molar-refractivity contribution in [2.45, 2.75) is 51.0 Å². The van der Waals surface area contributed by atoms with Crippen LogP contribution in [0.25, 0.3) is 0 Å². The Hall–Kier alpha value is -0.620. The number of fused-ring (bicyclic) bond motifs is 2. The third-order valence-electron chi connectivity index (χ3n) is 3.67. The number of isocyanates is 1. The van der Waals surface area contributed by atoms with Gasteiger partial charge in [-0.25, -0.2) is 4.79 Å². The lowest BCUT2D eigenvalue weighted by Crippen LogP contribution is -2.40. The molecule has 2 saturated carbocycles. The molecule has 0 N–H and O–H groups in total. The van der Waals surface area contributed by atoms with Gasteiger partial charge in [-0.15, -0.1) is 0 Å². The molecule has 2 bridgehead atoms. The van der Waals surface area contributed by atoms with E-state index in [0.29, 0.717) is 0 Å². The first-order chi connectivity index (χ1) is 6.24. The average molecular weight is 179 g/mol. The summed E-state index contributed by atoms with van der Waals surface area (Å²) in [5.41, 5.74) is 0.00231. The quantitative estimate of drug-likeness (QED) is 0.449. The average Bonchev–Trinajstić information content (AvgIpc) is 2.02. The number of rotatable bonds is 1. The Labute approximate surface area is 79.4 Å². The van der Waals surface area contributed by atoms with Crippen LogP contribution in [0.15, 0.2) is 4.99 Å². The second-order valence-electron chi connectivity index (χ2n) is 4.93. The van der Waals surface area contributed by atoms with E-state index in [2.05, 4.69) is 11.9 Å². The van der Waals surface area contributed by atoms with Crippen molar-refractivity contribution in [3.63, 3.8) is 0 Å². The maximum Gasteiger partial charge on any atom is 0.235 e. The van der Waals surface area contributed by atoms with Gasteiger partial charge in [0.05, 0.1) is 5.54 Å². The summed E-state index contributed by atoms with van der Waals surface area (Å²) >= 11 is 0. The van der Waals surface area contributed by atoms with E-state index in [-0.39, 0.29) is 5.54 Å². The van der Waals surface area contributed by atoms with Gasteiger partial charge >= 0.3 is 0 Å². The van der Waals surface area contributed by atoms with Gasteiger partial charge in [-0.2, -0.15) is 4.99 Å². The Morgan fingerprint density at radius 2 is 2.31 bits per heavy atom. The predicted octanol–water partition coefficient (Wildman–Crippen LogP) is 2.68. The van der Waals surface area contributed by atoms with Crippen LogP contribution in [0, 0.1) is 11.8 Å². The van der Waals surface area contributed by atoms with Gasteiger partial charge < -0.3 is 0 Å². The molecular formula is C11H17NO. The fourth-order valence-electron chi connectivity index (χ4n) is 3.39. The number of hydrogen-bond acceptors (Lipinski definition) is 2. The van der Waals surface area contributed by atoms with Crippen molar-refractivity contribution in [2.75, 3.05) is 0 Å². The molecule has 0 radical (unpaired) electrons. The minimum atomic E-state index is 0.00231. The molecule has 0 aromatic rings. The van der Waals surface area contributed by atoms with Crippen molar-refractivity contribution in [2.24, 2.45) is 16.8 Å². The molecule has 0 aromatic heterocycles. The highest BCUT2D eigenvalue weighted by Crippen LogP contribution is 2.47. The molecule has 13 heavy (non-hydrogen) atoms. The van der Waals surface area contributed by atoms with Gasteiger partial charge in [-0.05, 0) is 37.5 Å². The zero-order valence-electron chi connectivity index (χ0n) is 8.25. The zero-order valence-corrected chi connectivity index (χ0v) is 8.25. The van der Waals surface area contributed by atoms with E-state index in [0.717, 1.165) is 31.1 Å². The highest BCUT2D eigenvalue weighted by molar-refractivity contribution is 5.35. The molecule has 0 amide bonds. The number of carbonyl (C=O) groups excluding carboxylic acids is 1. The molecule has 2 fully saturated rings. The largest absolute Gasteiger partial charge is 0.235 e. The van der Waals surface area contributed by atoms with Crippen LogP contribution in [0.4, 0.5) is 0 Å². The molecule has 0 saturated heterocycles. The number of nitrogens with zero attached hydrogens (tertiary/aromatic N) is 1. The van der Waals surface area contributed by atoms with Crippen LogP contribution >= 0.6 is 0 Å². The third-order valence-corrected chi connectivity index (χ3v) is 3.67. The van der Waals surface area contributed by atoms with E-state index < -0.39 is 0 Å². The Kier molecular flexibility index (Phi) is 2.25. The molecular weight excluding hydrogens is 162 g/mol. The van der Waals surface area contributed by atoms with E-state index in [9.17, 15) is 4.79 Å². The topological polar surface area (TPSA) is 29.4 Å². The summed E-state index contributed by atoms with van der Waals surface area (Å²) in [6.07, 6.45) is 9.09. The Morgan fingerprint density at radius 1 is 1.46 bits per heavy atom.